The first-order valence-electron chi connectivity index (χ1n) is 2.00. The van der Waals surface area contributed by atoms with E-state index in [-0.39, 0.29) is 0 Å². The van der Waals surface area contributed by atoms with Crippen LogP contribution in [0.15, 0.2) is 18.3 Å². The van der Waals surface area contributed by atoms with E-state index in [2.05, 4.69) is 6.20 Å². The van der Waals surface area contributed by atoms with Gasteiger partial charge >= 0.3 is 0 Å². The molecule has 41 valence electrons. The Morgan fingerprint density at radius 3 is 2.75 bits per heavy atom. The summed E-state index contributed by atoms with van der Waals surface area (Å²) in [7, 11) is 0. The van der Waals surface area contributed by atoms with Gasteiger partial charge in [0.2, 0.25) is 0 Å². The van der Waals surface area contributed by atoms with Crippen LogP contribution < -0.4 is 0 Å². The molecule has 0 spiro atoms. The van der Waals surface area contributed by atoms with Gasteiger partial charge in [-0.25, -0.2) is 10.1 Å². The molecule has 0 N–H and O–H groups in total. The van der Waals surface area contributed by atoms with Crippen molar-refractivity contribution in [1.29, 1.82) is 0 Å². The Kier molecular flexibility index (Phi) is 0.997. The van der Waals surface area contributed by atoms with Crippen LogP contribution in [0.1, 0.15) is 0 Å². The predicted molar refractivity (Wildman–Crippen MR) is 25.7 cm³/mol. The topological polar surface area (TPSA) is 48.1 Å². The van der Waals surface area contributed by atoms with Crippen molar-refractivity contribution in [2.45, 2.75) is 0 Å². The van der Waals surface area contributed by atoms with Crippen LogP contribution in [-0.2, 0) is 0 Å². The maximum Gasteiger partial charge on any atom is 0.169 e. The summed E-state index contributed by atoms with van der Waals surface area (Å²) in [6, 6.07) is 3.02. The Labute approximate surface area is 45.5 Å². The molecule has 0 bridgehead atoms. The van der Waals surface area contributed by atoms with E-state index in [9.17, 15) is 10.1 Å². The first kappa shape index (κ1) is 4.83. The summed E-state index contributed by atoms with van der Waals surface area (Å²) in [5.41, 5.74) is 0. The van der Waals surface area contributed by atoms with E-state index in [1.165, 1.54) is 12.3 Å². The van der Waals surface area contributed by atoms with Crippen LogP contribution in [0.3, 0.4) is 0 Å². The van der Waals surface area contributed by atoms with Gasteiger partial charge in [-0.05, 0) is 12.1 Å². The second kappa shape index (κ2) is 1.65. The molecule has 0 saturated heterocycles. The number of rotatable bonds is 1. The third-order valence-corrected chi connectivity index (χ3v) is 0.706. The number of hydrogen-bond acceptors (Lipinski definition) is 2. The van der Waals surface area contributed by atoms with Crippen LogP contribution in [0.2, 0.25) is 0 Å². The van der Waals surface area contributed by atoms with Crippen molar-refractivity contribution >= 4 is 0 Å². The maximum absolute atomic E-state index is 9.80. The lowest BCUT2D eigenvalue weighted by atomic mass is 10.7. The first-order valence-corrected chi connectivity index (χ1v) is 2.00. The van der Waals surface area contributed by atoms with Crippen LogP contribution in [-0.4, -0.2) is 9.71 Å². The fourth-order valence-electron chi connectivity index (χ4n) is 0.389. The highest BCUT2D eigenvalue weighted by Gasteiger charge is 1.94. The average Bonchev–Trinajstić information content (AvgIpc) is 2.12. The monoisotopic (exact) mass is 111 g/mol. The van der Waals surface area contributed by atoms with Gasteiger partial charge in [0.25, 0.3) is 0 Å². The molecule has 1 aromatic rings. The van der Waals surface area contributed by atoms with Gasteiger partial charge in [0.1, 0.15) is 6.20 Å². The van der Waals surface area contributed by atoms with Crippen molar-refractivity contribution in [3.63, 3.8) is 0 Å². The van der Waals surface area contributed by atoms with Crippen LogP contribution >= 0.6 is 0 Å². The molecule has 0 atom stereocenters. The lowest BCUT2D eigenvalue weighted by molar-refractivity contribution is -0.542. The normalized spacial score (nSPS) is 9.00. The van der Waals surface area contributed by atoms with Gasteiger partial charge in [0.05, 0.1) is 6.20 Å². The van der Waals surface area contributed by atoms with Crippen LogP contribution in [0, 0.1) is 16.3 Å². The Balaban J connectivity index is 2.93. The summed E-state index contributed by atoms with van der Waals surface area (Å²) in [4.78, 5) is 9.80. The fraction of sp³-hybridized carbons (Fsp3) is 0. The van der Waals surface area contributed by atoms with E-state index >= 15 is 0 Å². The molecule has 4 heteroatoms. The minimum atomic E-state index is -0.556. The summed E-state index contributed by atoms with van der Waals surface area (Å²) in [6.07, 6.45) is 3.67. The molecule has 0 amide bonds. The number of nitro groups is 1. The molecule has 0 unspecified atom stereocenters. The highest BCUT2D eigenvalue weighted by Crippen LogP contribution is 1.84. The smallest absolute Gasteiger partial charge is 0.169 e. The number of hydrogen-bond donors (Lipinski definition) is 0. The van der Waals surface area contributed by atoms with Gasteiger partial charge in [-0.15, -0.1) is 0 Å². The first-order chi connectivity index (χ1) is 3.80. The zero-order valence-corrected chi connectivity index (χ0v) is 3.94. The third kappa shape index (κ3) is 0.676. The maximum atomic E-state index is 9.80. The summed E-state index contributed by atoms with van der Waals surface area (Å²) in [5, 5.41) is 9.24. The van der Waals surface area contributed by atoms with Crippen molar-refractivity contribution in [2.24, 2.45) is 0 Å². The van der Waals surface area contributed by atoms with E-state index in [0.29, 0.717) is 0 Å². The van der Waals surface area contributed by atoms with Crippen molar-refractivity contribution in [1.82, 2.24) is 4.68 Å². The molecule has 0 fully saturated rings. The molecule has 4 nitrogen and oxygen atoms in total. The minimum Gasteiger partial charge on any atom is -0.234 e. The molecule has 0 aliphatic heterocycles. The lowest BCUT2D eigenvalue weighted by Gasteiger charge is -1.82. The second-order valence-electron chi connectivity index (χ2n) is 1.22. The predicted octanol–water partition coefficient (Wildman–Crippen LogP) is 0.328. The molecule has 1 heterocycles. The summed E-state index contributed by atoms with van der Waals surface area (Å²) in [6.45, 7) is 0. The Morgan fingerprint density at radius 2 is 2.50 bits per heavy atom. The molecule has 0 aliphatic carbocycles. The molecule has 0 aromatic carbocycles. The Bertz CT molecular complexity index is 180. The van der Waals surface area contributed by atoms with Crippen molar-refractivity contribution in [3.8, 4) is 0 Å². The molecule has 1 rings (SSSR count). The van der Waals surface area contributed by atoms with Gasteiger partial charge in [0, 0.05) is 0 Å². The van der Waals surface area contributed by atoms with E-state index in [1.807, 2.05) is 0 Å². The second-order valence-corrected chi connectivity index (χ2v) is 1.22. The number of nitrogens with zero attached hydrogens (tertiary/aromatic N) is 2. The van der Waals surface area contributed by atoms with Crippen molar-refractivity contribution < 1.29 is 5.03 Å². The van der Waals surface area contributed by atoms with E-state index in [1.54, 1.807) is 6.07 Å². The standard InChI is InChI=1S/C4H3N2O2/c7-6(8)5-3-1-2-4-5/h1-3H. The molecule has 8 heavy (non-hydrogen) atoms. The van der Waals surface area contributed by atoms with E-state index in [0.717, 1.165) is 4.68 Å². The zero-order chi connectivity index (χ0) is 5.98. The number of aromatic nitrogens is 1. The van der Waals surface area contributed by atoms with Gasteiger partial charge in [-0.3, -0.25) is 0 Å². The largest absolute Gasteiger partial charge is 0.234 e. The highest BCUT2D eigenvalue weighted by molar-refractivity contribution is 4.85. The van der Waals surface area contributed by atoms with Gasteiger partial charge < -0.3 is 0 Å². The molecular formula is C4H3N2O2. The van der Waals surface area contributed by atoms with E-state index < -0.39 is 5.03 Å². The molecule has 0 aliphatic rings. The fourth-order valence-corrected chi connectivity index (χ4v) is 0.389. The van der Waals surface area contributed by atoms with Crippen LogP contribution in [0.5, 0.6) is 0 Å². The quantitative estimate of drug-likeness (QED) is 0.387. The third-order valence-electron chi connectivity index (χ3n) is 0.706. The van der Waals surface area contributed by atoms with Gasteiger partial charge in [-0.2, -0.15) is 0 Å². The summed E-state index contributed by atoms with van der Waals surface area (Å²) in [5.74, 6) is 0. The van der Waals surface area contributed by atoms with Crippen LogP contribution in [0.4, 0.5) is 0 Å². The van der Waals surface area contributed by atoms with Crippen LogP contribution in [0.25, 0.3) is 0 Å². The molecule has 0 saturated carbocycles. The Hall–Kier alpha value is -1.32. The molecular weight excluding hydrogens is 108 g/mol. The van der Waals surface area contributed by atoms with Crippen molar-refractivity contribution in [2.75, 3.05) is 0 Å². The summed E-state index contributed by atoms with van der Waals surface area (Å²) >= 11 is 0. The van der Waals surface area contributed by atoms with Crippen molar-refractivity contribution in [3.05, 3.63) is 34.6 Å². The summed E-state index contributed by atoms with van der Waals surface area (Å²) < 4.78 is 0.764. The average molecular weight is 111 g/mol. The molecule has 1 aromatic heterocycles. The minimum absolute atomic E-state index is 0.556. The molecule has 1 radical (unpaired) electrons. The van der Waals surface area contributed by atoms with Gasteiger partial charge in [-0.1, -0.05) is 4.68 Å². The van der Waals surface area contributed by atoms with E-state index in [4.69, 9.17) is 0 Å². The lowest BCUT2D eigenvalue weighted by Crippen LogP contribution is -2.04. The SMILES string of the molecule is O=[N+]([O-])n1[c]ccc1. The Morgan fingerprint density at radius 1 is 1.75 bits per heavy atom. The highest BCUT2D eigenvalue weighted by atomic mass is 16.7. The zero-order valence-electron chi connectivity index (χ0n) is 3.94. The van der Waals surface area contributed by atoms with Gasteiger partial charge in [0.15, 0.2) is 5.03 Å².